The van der Waals surface area contributed by atoms with Crippen molar-refractivity contribution in [3.63, 3.8) is 0 Å². The van der Waals surface area contributed by atoms with E-state index in [1.165, 1.54) is 141 Å². The standard InChI is InChI=1S/C59H109NO18/c1-3-5-7-9-11-13-15-17-18-19-20-21-22-23-25-26-28-30-32-34-36-43(64)42(60-47(65)37-35-33-31-29-27-24-16-14-12-10-8-6-4-2)41-73-57-53(71)50(68)55(45(39-62)75-57)78-59-54(72)51(69)56(46(40-63)76-59)77-58-52(70)49(67)48(66)44(38-61)74-58/h26,28,34,36,42-46,48-59,61-64,66-72H,3-25,27,29-33,35,37-41H2,1-2H3,(H,60,65)/b28-26+,36-34+. The van der Waals surface area contributed by atoms with Crippen molar-refractivity contribution in [2.24, 2.45) is 0 Å². The predicted molar refractivity (Wildman–Crippen MR) is 296 cm³/mol. The molecule has 458 valence electrons. The van der Waals surface area contributed by atoms with Crippen molar-refractivity contribution in [3.05, 3.63) is 24.3 Å². The molecule has 17 unspecified atom stereocenters. The van der Waals surface area contributed by atoms with Crippen LogP contribution in [-0.4, -0.2) is 193 Å². The molecule has 0 bridgehead atoms. The molecule has 0 aromatic rings. The van der Waals surface area contributed by atoms with Gasteiger partial charge in [-0.2, -0.15) is 0 Å². The highest BCUT2D eigenvalue weighted by molar-refractivity contribution is 5.76. The molecule has 1 amide bonds. The van der Waals surface area contributed by atoms with Crippen LogP contribution in [0, 0.1) is 0 Å². The lowest BCUT2D eigenvalue weighted by Gasteiger charge is -2.48. The molecule has 19 heteroatoms. The molecular formula is C59H109NO18. The van der Waals surface area contributed by atoms with Crippen molar-refractivity contribution in [2.75, 3.05) is 26.4 Å². The van der Waals surface area contributed by atoms with Crippen LogP contribution in [0.15, 0.2) is 24.3 Å². The molecule has 78 heavy (non-hydrogen) atoms. The van der Waals surface area contributed by atoms with E-state index in [4.69, 9.17) is 28.4 Å². The number of hydrogen-bond acceptors (Lipinski definition) is 18. The number of rotatable bonds is 45. The normalized spacial score (nSPS) is 30.6. The molecule has 12 N–H and O–H groups in total. The summed E-state index contributed by atoms with van der Waals surface area (Å²) in [5.74, 6) is -0.285. The van der Waals surface area contributed by atoms with Gasteiger partial charge in [0.1, 0.15) is 73.2 Å². The summed E-state index contributed by atoms with van der Waals surface area (Å²) in [5, 5.41) is 120. The molecule has 0 spiro atoms. The van der Waals surface area contributed by atoms with Crippen LogP contribution in [0.3, 0.4) is 0 Å². The molecule has 3 saturated heterocycles. The molecular weight excluding hydrogens is 1010 g/mol. The minimum Gasteiger partial charge on any atom is -0.394 e. The van der Waals surface area contributed by atoms with Crippen molar-refractivity contribution in [1.29, 1.82) is 0 Å². The maximum absolute atomic E-state index is 13.3. The van der Waals surface area contributed by atoms with E-state index >= 15 is 0 Å². The van der Waals surface area contributed by atoms with Crippen LogP contribution >= 0.6 is 0 Å². The average molecular weight is 1120 g/mol. The van der Waals surface area contributed by atoms with E-state index < -0.39 is 124 Å². The number of aliphatic hydroxyl groups excluding tert-OH is 11. The second kappa shape index (κ2) is 43.0. The van der Waals surface area contributed by atoms with Gasteiger partial charge in [0.05, 0.1) is 38.6 Å². The third kappa shape index (κ3) is 26.7. The first-order chi connectivity index (χ1) is 37.8. The molecule has 17 atom stereocenters. The van der Waals surface area contributed by atoms with E-state index in [1.807, 2.05) is 6.08 Å². The summed E-state index contributed by atoms with van der Waals surface area (Å²) < 4.78 is 34.2. The number of hydrogen-bond donors (Lipinski definition) is 12. The number of nitrogens with one attached hydrogen (secondary N) is 1. The number of carbonyl (C=O) groups excluding carboxylic acids is 1. The fourth-order valence-electron chi connectivity index (χ4n) is 10.4. The molecule has 0 aliphatic carbocycles. The Morgan fingerprint density at radius 1 is 0.449 bits per heavy atom. The molecule has 3 aliphatic heterocycles. The summed E-state index contributed by atoms with van der Waals surface area (Å²) >= 11 is 0. The third-order valence-corrected chi connectivity index (χ3v) is 15.5. The Morgan fingerprint density at radius 2 is 0.821 bits per heavy atom. The van der Waals surface area contributed by atoms with Crippen LogP contribution in [0.5, 0.6) is 0 Å². The molecule has 3 heterocycles. The van der Waals surface area contributed by atoms with Crippen molar-refractivity contribution in [2.45, 2.75) is 317 Å². The Bertz CT molecular complexity index is 1530. The van der Waals surface area contributed by atoms with Crippen LogP contribution < -0.4 is 5.32 Å². The molecule has 0 saturated carbocycles. The summed E-state index contributed by atoms with van der Waals surface area (Å²) in [6.07, 6.45) is 17.4. The highest BCUT2D eigenvalue weighted by atomic mass is 16.8. The highest BCUT2D eigenvalue weighted by Gasteiger charge is 2.53. The maximum atomic E-state index is 13.3. The van der Waals surface area contributed by atoms with E-state index in [0.29, 0.717) is 12.8 Å². The summed E-state index contributed by atoms with van der Waals surface area (Å²) in [4.78, 5) is 13.3. The number of carbonyl (C=O) groups is 1. The second-order valence-electron chi connectivity index (χ2n) is 22.2. The topological polar surface area (TPSA) is 307 Å². The quantitative estimate of drug-likeness (QED) is 0.0263. The van der Waals surface area contributed by atoms with Crippen molar-refractivity contribution in [1.82, 2.24) is 5.32 Å². The van der Waals surface area contributed by atoms with Gasteiger partial charge in [0.2, 0.25) is 5.91 Å². The minimum absolute atomic E-state index is 0.239. The minimum atomic E-state index is -1.98. The number of ether oxygens (including phenoxy) is 6. The van der Waals surface area contributed by atoms with Crippen LogP contribution in [0.4, 0.5) is 0 Å². The Morgan fingerprint density at radius 3 is 1.28 bits per heavy atom. The van der Waals surface area contributed by atoms with Gasteiger partial charge in [-0.1, -0.05) is 199 Å². The Balaban J connectivity index is 1.51. The SMILES string of the molecule is CCCCCCCCCCCCCCCC/C=C/CC/C=C/C(O)C(COC1OC(CO)C(OC2OC(CO)C(OC3OC(CO)C(O)C(O)C3O)C(O)C2O)C(O)C1O)NC(=O)CCCCCCCCCCCCCCC. The first-order valence-corrected chi connectivity index (χ1v) is 30.6. The third-order valence-electron chi connectivity index (χ3n) is 15.5. The molecule has 19 nitrogen and oxygen atoms in total. The van der Waals surface area contributed by atoms with Gasteiger partial charge in [-0.05, 0) is 32.1 Å². The van der Waals surface area contributed by atoms with Gasteiger partial charge in [-0.25, -0.2) is 0 Å². The van der Waals surface area contributed by atoms with Gasteiger partial charge < -0.3 is 89.9 Å². The van der Waals surface area contributed by atoms with Gasteiger partial charge in [0, 0.05) is 6.42 Å². The smallest absolute Gasteiger partial charge is 0.220 e. The zero-order valence-corrected chi connectivity index (χ0v) is 47.7. The Hall–Kier alpha value is -1.73. The van der Waals surface area contributed by atoms with E-state index in [9.17, 15) is 61.0 Å². The molecule has 0 aromatic carbocycles. The molecule has 3 aliphatic rings. The van der Waals surface area contributed by atoms with Gasteiger partial charge in [-0.15, -0.1) is 0 Å². The van der Waals surface area contributed by atoms with E-state index in [-0.39, 0.29) is 18.9 Å². The lowest BCUT2D eigenvalue weighted by atomic mass is 9.96. The van der Waals surface area contributed by atoms with Gasteiger partial charge >= 0.3 is 0 Å². The zero-order chi connectivity index (χ0) is 56.9. The van der Waals surface area contributed by atoms with E-state index in [1.54, 1.807) is 6.08 Å². The molecule has 0 aromatic heterocycles. The lowest BCUT2D eigenvalue weighted by molar-refractivity contribution is -0.379. The predicted octanol–water partition coefficient (Wildman–Crippen LogP) is 5.54. The number of allylic oxidation sites excluding steroid dienone is 3. The lowest BCUT2D eigenvalue weighted by Crippen LogP contribution is -2.66. The number of unbranched alkanes of at least 4 members (excludes halogenated alkanes) is 27. The molecule has 0 radical (unpaired) electrons. The van der Waals surface area contributed by atoms with Crippen molar-refractivity contribution >= 4 is 5.91 Å². The fraction of sp³-hybridized carbons (Fsp3) is 0.915. The number of aliphatic hydroxyl groups is 11. The number of amides is 1. The average Bonchev–Trinajstić information content (AvgIpc) is 3.48. The van der Waals surface area contributed by atoms with Crippen molar-refractivity contribution in [3.8, 4) is 0 Å². The van der Waals surface area contributed by atoms with Crippen LogP contribution in [0.25, 0.3) is 0 Å². The largest absolute Gasteiger partial charge is 0.394 e. The first kappa shape index (κ1) is 70.5. The van der Waals surface area contributed by atoms with Gasteiger partial charge in [-0.3, -0.25) is 4.79 Å². The first-order valence-electron chi connectivity index (χ1n) is 30.6. The summed E-state index contributed by atoms with van der Waals surface area (Å²) in [5.41, 5.74) is 0. The van der Waals surface area contributed by atoms with Crippen molar-refractivity contribution < 1.29 is 89.4 Å². The summed E-state index contributed by atoms with van der Waals surface area (Å²) in [6.45, 7) is 1.70. The maximum Gasteiger partial charge on any atom is 0.220 e. The monoisotopic (exact) mass is 1120 g/mol. The van der Waals surface area contributed by atoms with Crippen LogP contribution in [0.2, 0.25) is 0 Å². The van der Waals surface area contributed by atoms with E-state index in [0.717, 1.165) is 38.5 Å². The Kier molecular flexibility index (Phi) is 38.9. The summed E-state index contributed by atoms with van der Waals surface area (Å²) in [6, 6.07) is -0.984. The summed E-state index contributed by atoms with van der Waals surface area (Å²) in [7, 11) is 0. The highest BCUT2D eigenvalue weighted by Crippen LogP contribution is 2.33. The second-order valence-corrected chi connectivity index (χ2v) is 22.2. The van der Waals surface area contributed by atoms with Gasteiger partial charge in [0.25, 0.3) is 0 Å². The van der Waals surface area contributed by atoms with Crippen LogP contribution in [-0.2, 0) is 33.2 Å². The molecule has 3 rings (SSSR count). The Labute approximate surface area is 467 Å². The molecule has 3 fully saturated rings. The van der Waals surface area contributed by atoms with Crippen LogP contribution in [0.1, 0.15) is 213 Å². The fourth-order valence-corrected chi connectivity index (χ4v) is 10.4. The van der Waals surface area contributed by atoms with Gasteiger partial charge in [0.15, 0.2) is 18.9 Å². The zero-order valence-electron chi connectivity index (χ0n) is 47.7. The van der Waals surface area contributed by atoms with E-state index in [2.05, 4.69) is 31.3 Å².